The zero-order valence-electron chi connectivity index (χ0n) is 13.0. The quantitative estimate of drug-likeness (QED) is 0.866. The van der Waals surface area contributed by atoms with Crippen molar-refractivity contribution < 1.29 is 19.1 Å². The Morgan fingerprint density at radius 2 is 1.74 bits per heavy atom. The first kappa shape index (κ1) is 16.8. The van der Waals surface area contributed by atoms with Crippen LogP contribution in [-0.2, 0) is 4.74 Å². The number of amides is 1. The molecule has 23 heavy (non-hydrogen) atoms. The summed E-state index contributed by atoms with van der Waals surface area (Å²) in [5.74, 6) is -0.578. The van der Waals surface area contributed by atoms with Crippen molar-refractivity contribution in [3.8, 4) is 5.75 Å². The summed E-state index contributed by atoms with van der Waals surface area (Å²) in [6.07, 6.45) is 0. The summed E-state index contributed by atoms with van der Waals surface area (Å²) < 4.78 is 9.92. The fourth-order valence-corrected chi connectivity index (χ4v) is 2.24. The van der Waals surface area contributed by atoms with Crippen LogP contribution in [0.25, 0.3) is 0 Å². The van der Waals surface area contributed by atoms with E-state index in [1.807, 2.05) is 6.92 Å². The molecule has 120 valence electrons. The van der Waals surface area contributed by atoms with Crippen LogP contribution < -0.4 is 10.1 Å². The van der Waals surface area contributed by atoms with E-state index in [4.69, 9.17) is 21.1 Å². The number of ether oxygens (including phenoxy) is 2. The Morgan fingerprint density at radius 3 is 2.35 bits per heavy atom. The molecule has 0 aromatic heterocycles. The summed E-state index contributed by atoms with van der Waals surface area (Å²) in [6, 6.07) is 9.75. The van der Waals surface area contributed by atoms with Crippen LogP contribution in [0.5, 0.6) is 5.75 Å². The van der Waals surface area contributed by atoms with Crippen molar-refractivity contribution in [1.29, 1.82) is 0 Å². The van der Waals surface area contributed by atoms with Crippen LogP contribution in [0.1, 0.15) is 26.3 Å². The number of halogens is 1. The summed E-state index contributed by atoms with van der Waals surface area (Å²) in [7, 11) is 2.75. The van der Waals surface area contributed by atoms with Gasteiger partial charge in [-0.2, -0.15) is 0 Å². The third-order valence-corrected chi connectivity index (χ3v) is 3.71. The van der Waals surface area contributed by atoms with Gasteiger partial charge in [0.25, 0.3) is 5.91 Å². The average molecular weight is 334 g/mol. The number of aryl methyl sites for hydroxylation is 1. The molecule has 0 heterocycles. The minimum absolute atomic E-state index is 0.192. The van der Waals surface area contributed by atoms with Gasteiger partial charge < -0.3 is 14.8 Å². The molecule has 0 atom stereocenters. The number of hydrogen-bond acceptors (Lipinski definition) is 4. The summed E-state index contributed by atoms with van der Waals surface area (Å²) in [6.45, 7) is 1.82. The van der Waals surface area contributed by atoms with Gasteiger partial charge in [-0.15, -0.1) is 0 Å². The Morgan fingerprint density at radius 1 is 1.09 bits per heavy atom. The lowest BCUT2D eigenvalue weighted by molar-refractivity contribution is 0.0597. The zero-order valence-corrected chi connectivity index (χ0v) is 13.7. The molecule has 5 nitrogen and oxygen atoms in total. The van der Waals surface area contributed by atoms with E-state index >= 15 is 0 Å². The first-order valence-electron chi connectivity index (χ1n) is 6.80. The first-order chi connectivity index (χ1) is 11.0. The van der Waals surface area contributed by atoms with Gasteiger partial charge in [0, 0.05) is 11.1 Å². The molecule has 6 heteroatoms. The number of rotatable bonds is 4. The third-order valence-electron chi connectivity index (χ3n) is 3.31. The van der Waals surface area contributed by atoms with Gasteiger partial charge in [-0.25, -0.2) is 4.79 Å². The maximum absolute atomic E-state index is 12.5. The van der Waals surface area contributed by atoms with Gasteiger partial charge in [-0.05, 0) is 30.7 Å². The van der Waals surface area contributed by atoms with Crippen LogP contribution in [0.15, 0.2) is 36.4 Å². The maximum Gasteiger partial charge on any atom is 0.338 e. The van der Waals surface area contributed by atoms with Crippen LogP contribution in [0.4, 0.5) is 5.69 Å². The number of carbonyl (C=O) groups excluding carboxylic acids is 2. The number of esters is 1. The molecule has 0 fully saturated rings. The van der Waals surface area contributed by atoms with Gasteiger partial charge in [0.2, 0.25) is 0 Å². The number of hydrogen-bond donors (Lipinski definition) is 1. The predicted octanol–water partition coefficient (Wildman–Crippen LogP) is 3.70. The van der Waals surface area contributed by atoms with E-state index in [2.05, 4.69) is 5.32 Å². The van der Waals surface area contributed by atoms with E-state index in [-0.39, 0.29) is 11.1 Å². The third kappa shape index (κ3) is 3.63. The van der Waals surface area contributed by atoms with Crippen molar-refractivity contribution in [3.05, 3.63) is 58.1 Å². The van der Waals surface area contributed by atoms with E-state index in [1.165, 1.54) is 20.3 Å². The molecule has 1 amide bonds. The van der Waals surface area contributed by atoms with Gasteiger partial charge in [0.05, 0.1) is 31.0 Å². The number of benzene rings is 2. The second kappa shape index (κ2) is 7.15. The Kier molecular flexibility index (Phi) is 5.24. The molecule has 0 bridgehead atoms. The van der Waals surface area contributed by atoms with Crippen molar-refractivity contribution in [2.24, 2.45) is 0 Å². The monoisotopic (exact) mass is 333 g/mol. The highest BCUT2D eigenvalue weighted by Crippen LogP contribution is 2.31. The largest absolute Gasteiger partial charge is 0.495 e. The summed E-state index contributed by atoms with van der Waals surface area (Å²) in [5, 5.41) is 3.27. The molecule has 2 aromatic carbocycles. The standard InChI is InChI=1S/C17H16ClNO4/c1-10-8-14(15(22-2)9-13(10)18)19-16(20)11-6-4-5-7-12(11)17(21)23-3/h4-9H,1-3H3,(H,19,20). The molecule has 0 radical (unpaired) electrons. The summed E-state index contributed by atoms with van der Waals surface area (Å²) in [5.41, 5.74) is 1.68. The van der Waals surface area contributed by atoms with E-state index < -0.39 is 11.9 Å². The smallest absolute Gasteiger partial charge is 0.338 e. The molecular weight excluding hydrogens is 318 g/mol. The van der Waals surface area contributed by atoms with Crippen LogP contribution in [0.2, 0.25) is 5.02 Å². The molecule has 0 spiro atoms. The van der Waals surface area contributed by atoms with Crippen molar-refractivity contribution in [1.82, 2.24) is 0 Å². The maximum atomic E-state index is 12.5. The highest BCUT2D eigenvalue weighted by Gasteiger charge is 2.18. The molecular formula is C17H16ClNO4. The average Bonchev–Trinajstić information content (AvgIpc) is 2.57. The molecule has 2 rings (SSSR count). The molecule has 1 N–H and O–H groups in total. The van der Waals surface area contributed by atoms with E-state index in [0.717, 1.165) is 5.56 Å². The zero-order chi connectivity index (χ0) is 17.0. The lowest BCUT2D eigenvalue weighted by Gasteiger charge is -2.13. The molecule has 0 aliphatic rings. The first-order valence-corrected chi connectivity index (χ1v) is 7.18. The SMILES string of the molecule is COC(=O)c1ccccc1C(=O)Nc1cc(C)c(Cl)cc1OC. The molecule has 0 aliphatic heterocycles. The number of carbonyl (C=O) groups is 2. The van der Waals surface area contributed by atoms with Gasteiger partial charge in [-0.1, -0.05) is 23.7 Å². The molecule has 0 saturated carbocycles. The Balaban J connectivity index is 2.37. The molecule has 0 unspecified atom stereocenters. The van der Waals surface area contributed by atoms with E-state index in [9.17, 15) is 9.59 Å². The summed E-state index contributed by atoms with van der Waals surface area (Å²) in [4.78, 5) is 24.3. The van der Waals surface area contributed by atoms with Crippen LogP contribution >= 0.6 is 11.6 Å². The molecule has 2 aromatic rings. The van der Waals surface area contributed by atoms with E-state index in [0.29, 0.717) is 16.5 Å². The summed E-state index contributed by atoms with van der Waals surface area (Å²) >= 11 is 6.05. The lowest BCUT2D eigenvalue weighted by Crippen LogP contribution is -2.17. The van der Waals surface area contributed by atoms with E-state index in [1.54, 1.807) is 30.3 Å². The van der Waals surface area contributed by atoms with Gasteiger partial charge >= 0.3 is 5.97 Å². The topological polar surface area (TPSA) is 64.6 Å². The van der Waals surface area contributed by atoms with Crippen molar-refractivity contribution >= 4 is 29.2 Å². The number of methoxy groups -OCH3 is 2. The normalized spacial score (nSPS) is 10.1. The second-order valence-electron chi connectivity index (χ2n) is 4.79. The molecule has 0 aliphatic carbocycles. The van der Waals surface area contributed by atoms with Crippen molar-refractivity contribution in [2.75, 3.05) is 19.5 Å². The van der Waals surface area contributed by atoms with Crippen LogP contribution in [0, 0.1) is 6.92 Å². The predicted molar refractivity (Wildman–Crippen MR) is 88.5 cm³/mol. The lowest BCUT2D eigenvalue weighted by atomic mass is 10.1. The van der Waals surface area contributed by atoms with Gasteiger partial charge in [-0.3, -0.25) is 4.79 Å². The Hall–Kier alpha value is -2.53. The highest BCUT2D eigenvalue weighted by atomic mass is 35.5. The highest BCUT2D eigenvalue weighted by molar-refractivity contribution is 6.31. The van der Waals surface area contributed by atoms with Crippen LogP contribution in [0.3, 0.4) is 0 Å². The Labute approximate surface area is 139 Å². The molecule has 0 saturated heterocycles. The van der Waals surface area contributed by atoms with Gasteiger partial charge in [0.1, 0.15) is 5.75 Å². The minimum atomic E-state index is -0.574. The fourth-order valence-electron chi connectivity index (χ4n) is 2.09. The number of anilines is 1. The minimum Gasteiger partial charge on any atom is -0.495 e. The van der Waals surface area contributed by atoms with Crippen molar-refractivity contribution in [3.63, 3.8) is 0 Å². The fraction of sp³-hybridized carbons (Fsp3) is 0.176. The van der Waals surface area contributed by atoms with Crippen molar-refractivity contribution in [2.45, 2.75) is 6.92 Å². The van der Waals surface area contributed by atoms with Crippen LogP contribution in [-0.4, -0.2) is 26.1 Å². The second-order valence-corrected chi connectivity index (χ2v) is 5.20. The number of nitrogens with one attached hydrogen (secondary N) is 1. The van der Waals surface area contributed by atoms with Gasteiger partial charge in [0.15, 0.2) is 0 Å². The Bertz CT molecular complexity index is 758.